The molecule has 1 aliphatic rings. The Labute approximate surface area is 126 Å². The molecule has 0 spiro atoms. The standard InChI is InChI=1S/C17H24O4/c1-16(2,3)21-15(18)13-20-17(10-7-11-17)19-12-14-8-5-4-6-9-14/h4-6,8-9H,7,10-13H2,1-3H3. The zero-order valence-corrected chi connectivity index (χ0v) is 13.1. The first-order chi connectivity index (χ1) is 9.89. The second kappa shape index (κ2) is 6.58. The summed E-state index contributed by atoms with van der Waals surface area (Å²) in [6.07, 6.45) is 2.70. The Bertz CT molecular complexity index is 457. The van der Waals surface area contributed by atoms with Gasteiger partial charge in [0.1, 0.15) is 12.2 Å². The number of hydrogen-bond donors (Lipinski definition) is 0. The molecule has 0 atom stereocenters. The van der Waals surface area contributed by atoms with Crippen molar-refractivity contribution in [1.82, 2.24) is 0 Å². The summed E-state index contributed by atoms with van der Waals surface area (Å²) in [7, 11) is 0. The Morgan fingerprint density at radius 2 is 1.81 bits per heavy atom. The predicted octanol–water partition coefficient (Wildman–Crippen LogP) is 3.44. The second-order valence-electron chi connectivity index (χ2n) is 6.41. The lowest BCUT2D eigenvalue weighted by Crippen LogP contribution is -2.44. The molecule has 0 amide bonds. The first-order valence-electron chi connectivity index (χ1n) is 7.42. The monoisotopic (exact) mass is 292 g/mol. The molecule has 0 aliphatic heterocycles. The van der Waals surface area contributed by atoms with Crippen molar-refractivity contribution < 1.29 is 19.0 Å². The molecule has 4 heteroatoms. The van der Waals surface area contributed by atoms with Crippen LogP contribution < -0.4 is 0 Å². The van der Waals surface area contributed by atoms with Gasteiger partial charge < -0.3 is 14.2 Å². The SMILES string of the molecule is CC(C)(C)OC(=O)COC1(OCc2ccccc2)CCC1. The summed E-state index contributed by atoms with van der Waals surface area (Å²) in [4.78, 5) is 11.7. The third kappa shape index (κ3) is 5.14. The van der Waals surface area contributed by atoms with E-state index in [1.54, 1.807) is 0 Å². The highest BCUT2D eigenvalue weighted by atomic mass is 16.7. The molecule has 0 N–H and O–H groups in total. The Morgan fingerprint density at radius 1 is 1.14 bits per heavy atom. The summed E-state index contributed by atoms with van der Waals surface area (Å²) in [5, 5.41) is 0. The average Bonchev–Trinajstić information content (AvgIpc) is 2.36. The van der Waals surface area contributed by atoms with E-state index in [9.17, 15) is 4.79 Å². The van der Waals surface area contributed by atoms with Crippen LogP contribution in [0.25, 0.3) is 0 Å². The highest BCUT2D eigenvalue weighted by Gasteiger charge is 2.40. The van der Waals surface area contributed by atoms with E-state index >= 15 is 0 Å². The van der Waals surface area contributed by atoms with Gasteiger partial charge in [0, 0.05) is 12.8 Å². The van der Waals surface area contributed by atoms with Gasteiger partial charge in [-0.1, -0.05) is 30.3 Å². The molecule has 0 aromatic heterocycles. The van der Waals surface area contributed by atoms with Gasteiger partial charge in [-0.15, -0.1) is 0 Å². The molecule has 1 aromatic rings. The van der Waals surface area contributed by atoms with E-state index in [1.807, 2.05) is 51.1 Å². The average molecular weight is 292 g/mol. The van der Waals surface area contributed by atoms with Gasteiger partial charge in [0.15, 0.2) is 5.79 Å². The fraction of sp³-hybridized carbons (Fsp3) is 0.588. The maximum Gasteiger partial charge on any atom is 0.332 e. The van der Waals surface area contributed by atoms with Crippen LogP contribution in [0.5, 0.6) is 0 Å². The lowest BCUT2D eigenvalue weighted by molar-refractivity contribution is -0.283. The zero-order valence-electron chi connectivity index (χ0n) is 13.1. The van der Waals surface area contributed by atoms with E-state index in [4.69, 9.17) is 14.2 Å². The summed E-state index contributed by atoms with van der Waals surface area (Å²) in [6, 6.07) is 9.96. The van der Waals surface area contributed by atoms with Gasteiger partial charge in [-0.05, 0) is 32.8 Å². The third-order valence-electron chi connectivity index (χ3n) is 3.33. The van der Waals surface area contributed by atoms with E-state index < -0.39 is 11.4 Å². The zero-order chi connectivity index (χ0) is 15.3. The molecule has 0 bridgehead atoms. The normalized spacial score (nSPS) is 17.1. The first kappa shape index (κ1) is 16.0. The van der Waals surface area contributed by atoms with Crippen LogP contribution in [-0.2, 0) is 25.6 Å². The minimum Gasteiger partial charge on any atom is -0.458 e. The fourth-order valence-corrected chi connectivity index (χ4v) is 2.15. The topological polar surface area (TPSA) is 44.8 Å². The number of rotatable bonds is 6. The summed E-state index contributed by atoms with van der Waals surface area (Å²) in [5.74, 6) is -0.968. The van der Waals surface area contributed by atoms with Gasteiger partial charge in [0.2, 0.25) is 0 Å². The van der Waals surface area contributed by atoms with Crippen LogP contribution in [0.4, 0.5) is 0 Å². The molecule has 116 valence electrons. The van der Waals surface area contributed by atoms with Gasteiger partial charge >= 0.3 is 5.97 Å². The minimum absolute atomic E-state index is 0.0634. The summed E-state index contributed by atoms with van der Waals surface area (Å²) < 4.78 is 16.8. The Hall–Kier alpha value is -1.39. The van der Waals surface area contributed by atoms with Crippen molar-refractivity contribution in [3.8, 4) is 0 Å². The fourth-order valence-electron chi connectivity index (χ4n) is 2.15. The van der Waals surface area contributed by atoms with Crippen molar-refractivity contribution in [3.63, 3.8) is 0 Å². The van der Waals surface area contributed by atoms with E-state index in [-0.39, 0.29) is 12.6 Å². The molecule has 1 aliphatic carbocycles. The molecule has 0 radical (unpaired) electrons. The highest BCUT2D eigenvalue weighted by molar-refractivity contribution is 5.71. The van der Waals surface area contributed by atoms with Crippen LogP contribution in [0.2, 0.25) is 0 Å². The van der Waals surface area contributed by atoms with Crippen molar-refractivity contribution in [2.75, 3.05) is 6.61 Å². The van der Waals surface area contributed by atoms with Gasteiger partial charge in [0.05, 0.1) is 6.61 Å². The van der Waals surface area contributed by atoms with Gasteiger partial charge in [0.25, 0.3) is 0 Å². The molecule has 1 fully saturated rings. The van der Waals surface area contributed by atoms with Crippen molar-refractivity contribution in [2.45, 2.75) is 58.0 Å². The smallest absolute Gasteiger partial charge is 0.332 e. The molecule has 0 unspecified atom stereocenters. The molecular formula is C17H24O4. The number of esters is 1. The lowest BCUT2D eigenvalue weighted by Gasteiger charge is -2.41. The quantitative estimate of drug-likeness (QED) is 0.595. The van der Waals surface area contributed by atoms with E-state index in [2.05, 4.69) is 0 Å². The number of carbonyl (C=O) groups is 1. The number of carbonyl (C=O) groups excluding carboxylic acids is 1. The highest BCUT2D eigenvalue weighted by Crippen LogP contribution is 2.37. The molecule has 2 rings (SSSR count). The van der Waals surface area contributed by atoms with Gasteiger partial charge in [-0.25, -0.2) is 4.79 Å². The summed E-state index contributed by atoms with van der Waals surface area (Å²) in [5.41, 5.74) is 0.614. The van der Waals surface area contributed by atoms with Crippen molar-refractivity contribution in [1.29, 1.82) is 0 Å². The van der Waals surface area contributed by atoms with Crippen molar-refractivity contribution in [3.05, 3.63) is 35.9 Å². The molecule has 1 aromatic carbocycles. The predicted molar refractivity (Wildman–Crippen MR) is 79.6 cm³/mol. The van der Waals surface area contributed by atoms with Crippen molar-refractivity contribution in [2.24, 2.45) is 0 Å². The van der Waals surface area contributed by atoms with Crippen LogP contribution in [0.15, 0.2) is 30.3 Å². The van der Waals surface area contributed by atoms with Crippen molar-refractivity contribution >= 4 is 5.97 Å². The molecule has 1 saturated carbocycles. The van der Waals surface area contributed by atoms with Crippen LogP contribution in [0.1, 0.15) is 45.6 Å². The number of hydrogen-bond acceptors (Lipinski definition) is 4. The third-order valence-corrected chi connectivity index (χ3v) is 3.33. The molecule has 21 heavy (non-hydrogen) atoms. The Balaban J connectivity index is 1.80. The largest absolute Gasteiger partial charge is 0.458 e. The van der Waals surface area contributed by atoms with Gasteiger partial charge in [-0.3, -0.25) is 0 Å². The van der Waals surface area contributed by atoms with Crippen LogP contribution in [0, 0.1) is 0 Å². The Morgan fingerprint density at radius 3 is 2.33 bits per heavy atom. The van der Waals surface area contributed by atoms with E-state index in [0.29, 0.717) is 6.61 Å². The number of ether oxygens (including phenoxy) is 3. The summed E-state index contributed by atoms with van der Waals surface area (Å²) in [6.45, 7) is 5.96. The maximum atomic E-state index is 11.7. The van der Waals surface area contributed by atoms with Gasteiger partial charge in [-0.2, -0.15) is 0 Å². The van der Waals surface area contributed by atoms with Crippen LogP contribution in [0.3, 0.4) is 0 Å². The first-order valence-corrected chi connectivity index (χ1v) is 7.42. The maximum absolute atomic E-state index is 11.7. The van der Waals surface area contributed by atoms with E-state index in [0.717, 1.165) is 24.8 Å². The number of benzene rings is 1. The van der Waals surface area contributed by atoms with E-state index in [1.165, 1.54) is 0 Å². The minimum atomic E-state index is -0.618. The lowest BCUT2D eigenvalue weighted by atomic mass is 9.91. The Kier molecular flexibility index (Phi) is 5.01. The molecule has 0 saturated heterocycles. The summed E-state index contributed by atoms with van der Waals surface area (Å²) >= 11 is 0. The molecule has 4 nitrogen and oxygen atoms in total. The van der Waals surface area contributed by atoms with Crippen LogP contribution in [-0.4, -0.2) is 24.0 Å². The molecule has 0 heterocycles. The molecular weight excluding hydrogens is 268 g/mol. The van der Waals surface area contributed by atoms with Crippen LogP contribution >= 0.6 is 0 Å². The second-order valence-corrected chi connectivity index (χ2v) is 6.41.